The molecule has 0 bridgehead atoms. The van der Waals surface area contributed by atoms with Gasteiger partial charge in [0.1, 0.15) is 13.2 Å². The first-order valence-electron chi connectivity index (χ1n) is 13.7. The van der Waals surface area contributed by atoms with Gasteiger partial charge in [-0.25, -0.2) is 4.57 Å². The Kier molecular flexibility index (Phi) is 23.4. The first-order chi connectivity index (χ1) is 16.2. The van der Waals surface area contributed by atoms with Crippen molar-refractivity contribution in [3.8, 4) is 0 Å². The molecule has 2 atom stereocenters. The molecule has 206 valence electrons. The van der Waals surface area contributed by atoms with Crippen LogP contribution in [0.5, 0.6) is 0 Å². The molecule has 0 aliphatic rings. The van der Waals surface area contributed by atoms with Crippen molar-refractivity contribution in [2.75, 3.05) is 64.4 Å². The van der Waals surface area contributed by atoms with Crippen LogP contribution in [0.1, 0.15) is 96.8 Å². The first kappa shape index (κ1) is 34.8. The third-order valence-corrected chi connectivity index (χ3v) is 8.96. The highest BCUT2D eigenvalue weighted by molar-refractivity contribution is 7.99. The second-order valence-electron chi connectivity index (χ2n) is 10.6. The number of thioether (sulfide) groups is 2. The summed E-state index contributed by atoms with van der Waals surface area (Å²) in [4.78, 5) is 9.93. The number of hydrogen-bond acceptors (Lipinski definition) is 5. The van der Waals surface area contributed by atoms with Crippen molar-refractivity contribution in [3.05, 3.63) is 0 Å². The van der Waals surface area contributed by atoms with E-state index in [1.807, 2.05) is 32.9 Å². The molecule has 1 N–H and O–H groups in total. The minimum Gasteiger partial charge on any atom is -0.329 e. The molecule has 0 saturated carbocycles. The lowest BCUT2D eigenvalue weighted by Gasteiger charge is -2.24. The quantitative estimate of drug-likeness (QED) is 0.0678. The normalized spacial score (nSPS) is 14.9. The number of phosphoric ester groups is 1. The SMILES string of the molecule is CCCCCCCCCCCCCCCCSCC(COP(=O)(O)OCC[N+](C)(C)C)CSC. The molecule has 5 nitrogen and oxygen atoms in total. The molecule has 0 heterocycles. The summed E-state index contributed by atoms with van der Waals surface area (Å²) in [7, 11) is 2.11. The molecule has 0 spiro atoms. The number of likely N-dealkylation sites (N-methyl/N-ethyl adjacent to an activating group) is 1. The van der Waals surface area contributed by atoms with Crippen LogP contribution in [0.25, 0.3) is 0 Å². The van der Waals surface area contributed by atoms with Crippen molar-refractivity contribution in [2.24, 2.45) is 5.92 Å². The van der Waals surface area contributed by atoms with Crippen LogP contribution >= 0.6 is 31.3 Å². The molecular weight excluding hydrogens is 485 g/mol. The minimum absolute atomic E-state index is 0.221. The average Bonchev–Trinajstić information content (AvgIpc) is 2.76. The molecule has 0 aliphatic carbocycles. The number of unbranched alkanes of at least 4 members (excludes halogenated alkanes) is 13. The van der Waals surface area contributed by atoms with E-state index >= 15 is 0 Å². The third kappa shape index (κ3) is 25.9. The van der Waals surface area contributed by atoms with Gasteiger partial charge >= 0.3 is 7.82 Å². The Morgan fingerprint density at radius 1 is 0.794 bits per heavy atom. The van der Waals surface area contributed by atoms with Gasteiger partial charge in [-0.2, -0.15) is 23.5 Å². The van der Waals surface area contributed by atoms with Gasteiger partial charge in [0, 0.05) is 5.92 Å². The summed E-state index contributed by atoms with van der Waals surface area (Å²) in [5.74, 6) is 3.34. The zero-order valence-electron chi connectivity index (χ0n) is 23.1. The summed E-state index contributed by atoms with van der Waals surface area (Å²) in [5, 5.41) is 0. The summed E-state index contributed by atoms with van der Waals surface area (Å²) in [6.07, 6.45) is 21.5. The molecule has 0 aliphatic heterocycles. The standard InChI is InChI=1S/C26H56NO4PS2/c1-6-7-8-9-10-11-12-13-14-15-16-17-18-19-22-34-25-26(24-33-5)23-31-32(28,29)30-21-20-27(2,3)4/h26H,6-25H2,1-5H3/p+1. The van der Waals surface area contributed by atoms with Gasteiger partial charge in [0.2, 0.25) is 0 Å². The van der Waals surface area contributed by atoms with E-state index in [1.54, 1.807) is 11.8 Å². The molecule has 0 rings (SSSR count). The fourth-order valence-electron chi connectivity index (χ4n) is 3.70. The molecule has 2 unspecified atom stereocenters. The fourth-order valence-corrected chi connectivity index (χ4v) is 6.44. The highest BCUT2D eigenvalue weighted by Crippen LogP contribution is 2.43. The Balaban J connectivity index is 3.65. The Bertz CT molecular complexity index is 492. The topological polar surface area (TPSA) is 55.8 Å². The fraction of sp³-hybridized carbons (Fsp3) is 1.00. The van der Waals surface area contributed by atoms with Gasteiger partial charge in [0.25, 0.3) is 0 Å². The third-order valence-electron chi connectivity index (χ3n) is 5.89. The molecule has 0 aromatic heterocycles. The Labute approximate surface area is 221 Å². The van der Waals surface area contributed by atoms with Crippen LogP contribution in [0, 0.1) is 5.92 Å². The Hall–Kier alpha value is 0.770. The van der Waals surface area contributed by atoms with Crippen molar-refractivity contribution in [1.29, 1.82) is 0 Å². The predicted molar refractivity (Wildman–Crippen MR) is 154 cm³/mol. The van der Waals surface area contributed by atoms with Crippen molar-refractivity contribution in [3.63, 3.8) is 0 Å². The van der Waals surface area contributed by atoms with Crippen molar-refractivity contribution in [1.82, 2.24) is 0 Å². The lowest BCUT2D eigenvalue weighted by atomic mass is 10.0. The highest BCUT2D eigenvalue weighted by atomic mass is 32.2. The Morgan fingerprint density at radius 3 is 1.76 bits per heavy atom. The van der Waals surface area contributed by atoms with E-state index in [-0.39, 0.29) is 19.1 Å². The number of quaternary nitrogens is 1. The molecule has 0 aromatic rings. The van der Waals surface area contributed by atoms with Gasteiger partial charge in [-0.15, -0.1) is 0 Å². The Morgan fingerprint density at radius 2 is 1.29 bits per heavy atom. The summed E-state index contributed by atoms with van der Waals surface area (Å²) in [6, 6.07) is 0. The summed E-state index contributed by atoms with van der Waals surface area (Å²) < 4.78 is 23.2. The van der Waals surface area contributed by atoms with E-state index < -0.39 is 7.82 Å². The van der Waals surface area contributed by atoms with Gasteiger partial charge < -0.3 is 9.38 Å². The molecule has 0 radical (unpaired) electrons. The minimum atomic E-state index is -3.96. The smallest absolute Gasteiger partial charge is 0.329 e. The van der Waals surface area contributed by atoms with E-state index in [0.717, 1.165) is 11.5 Å². The molecule has 0 saturated heterocycles. The van der Waals surface area contributed by atoms with Crippen LogP contribution in [0.2, 0.25) is 0 Å². The van der Waals surface area contributed by atoms with E-state index in [1.165, 1.54) is 95.6 Å². The van der Waals surface area contributed by atoms with E-state index in [2.05, 4.69) is 13.2 Å². The summed E-state index contributed by atoms with van der Waals surface area (Å²) in [5.41, 5.74) is 0. The number of hydrogen-bond donors (Lipinski definition) is 1. The molecule has 8 heteroatoms. The molecule has 0 amide bonds. The highest BCUT2D eigenvalue weighted by Gasteiger charge is 2.24. The van der Waals surface area contributed by atoms with E-state index in [9.17, 15) is 9.46 Å². The summed E-state index contributed by atoms with van der Waals surface area (Å²) >= 11 is 3.71. The van der Waals surface area contributed by atoms with Crippen LogP contribution in [0.3, 0.4) is 0 Å². The summed E-state index contributed by atoms with van der Waals surface area (Å²) in [6.45, 7) is 3.45. The average molecular weight is 543 g/mol. The van der Waals surface area contributed by atoms with Gasteiger partial charge in [-0.1, -0.05) is 90.4 Å². The van der Waals surface area contributed by atoms with Gasteiger partial charge in [0.05, 0.1) is 27.7 Å². The lowest BCUT2D eigenvalue weighted by Crippen LogP contribution is -2.37. The van der Waals surface area contributed by atoms with Gasteiger partial charge in [0.15, 0.2) is 0 Å². The zero-order chi connectivity index (χ0) is 25.5. The second kappa shape index (κ2) is 22.9. The van der Waals surface area contributed by atoms with Crippen molar-refractivity contribution < 1.29 is 23.0 Å². The van der Waals surface area contributed by atoms with Crippen molar-refractivity contribution >= 4 is 31.3 Å². The number of nitrogens with zero attached hydrogens (tertiary/aromatic N) is 1. The maximum absolute atomic E-state index is 12.1. The monoisotopic (exact) mass is 542 g/mol. The van der Waals surface area contributed by atoms with E-state index in [4.69, 9.17) is 9.05 Å². The van der Waals surface area contributed by atoms with Gasteiger partial charge in [-0.05, 0) is 29.9 Å². The van der Waals surface area contributed by atoms with Crippen LogP contribution in [-0.4, -0.2) is 73.8 Å². The lowest BCUT2D eigenvalue weighted by molar-refractivity contribution is -0.870. The predicted octanol–water partition coefficient (Wildman–Crippen LogP) is 8.02. The molecule has 34 heavy (non-hydrogen) atoms. The van der Waals surface area contributed by atoms with Crippen molar-refractivity contribution in [2.45, 2.75) is 96.8 Å². The molecule has 0 fully saturated rings. The molecule has 0 aromatic carbocycles. The van der Waals surface area contributed by atoms with Crippen LogP contribution in [-0.2, 0) is 13.6 Å². The van der Waals surface area contributed by atoms with Crippen LogP contribution in [0.4, 0.5) is 0 Å². The molecular formula is C26H57NO4PS2+. The largest absolute Gasteiger partial charge is 0.472 e. The van der Waals surface area contributed by atoms with Gasteiger partial charge in [-0.3, -0.25) is 9.05 Å². The second-order valence-corrected chi connectivity index (χ2v) is 14.1. The maximum Gasteiger partial charge on any atom is 0.472 e. The maximum atomic E-state index is 12.1. The van der Waals surface area contributed by atoms with Crippen LogP contribution < -0.4 is 0 Å². The first-order valence-corrected chi connectivity index (χ1v) is 17.7. The number of rotatable bonds is 26. The van der Waals surface area contributed by atoms with E-state index in [0.29, 0.717) is 11.0 Å². The number of phosphoric acid groups is 1. The van der Waals surface area contributed by atoms with Crippen LogP contribution in [0.15, 0.2) is 0 Å². The zero-order valence-corrected chi connectivity index (χ0v) is 25.6.